The van der Waals surface area contributed by atoms with E-state index in [2.05, 4.69) is 0 Å². The quantitative estimate of drug-likeness (QED) is 0.703. The SMILES string of the molecule is CC(/C=C/c1ccccc1)C(O)CC(O)CC(=O)O. The molecule has 3 N–H and O–H groups in total. The van der Waals surface area contributed by atoms with Crippen molar-refractivity contribution in [1.29, 1.82) is 0 Å². The minimum absolute atomic E-state index is 0.0621. The molecule has 0 saturated carbocycles. The summed E-state index contributed by atoms with van der Waals surface area (Å²) in [6, 6.07) is 9.69. The number of hydrogen-bond acceptors (Lipinski definition) is 3. The van der Waals surface area contributed by atoms with Crippen molar-refractivity contribution in [3.63, 3.8) is 0 Å². The first-order valence-corrected chi connectivity index (χ1v) is 6.30. The lowest BCUT2D eigenvalue weighted by Gasteiger charge is -2.18. The molecule has 19 heavy (non-hydrogen) atoms. The molecule has 0 aliphatic rings. The molecule has 0 radical (unpaired) electrons. The predicted molar refractivity (Wildman–Crippen MR) is 73.5 cm³/mol. The molecule has 0 heterocycles. The average Bonchev–Trinajstić information content (AvgIpc) is 2.36. The minimum atomic E-state index is -1.06. The van der Waals surface area contributed by atoms with Crippen LogP contribution in [0.25, 0.3) is 6.08 Å². The Morgan fingerprint density at radius 1 is 1.26 bits per heavy atom. The molecule has 104 valence electrons. The van der Waals surface area contributed by atoms with E-state index < -0.39 is 18.2 Å². The number of rotatable bonds is 7. The third-order valence-corrected chi connectivity index (χ3v) is 2.92. The molecule has 0 saturated heterocycles. The summed E-state index contributed by atoms with van der Waals surface area (Å²) in [5.41, 5.74) is 1.03. The monoisotopic (exact) mass is 264 g/mol. The highest BCUT2D eigenvalue weighted by Crippen LogP contribution is 2.14. The molecule has 4 heteroatoms. The Morgan fingerprint density at radius 3 is 2.47 bits per heavy atom. The molecule has 0 amide bonds. The predicted octanol–water partition coefficient (Wildman–Crippen LogP) is 1.92. The zero-order valence-electron chi connectivity index (χ0n) is 10.9. The molecule has 3 unspecified atom stereocenters. The third kappa shape index (κ3) is 6.18. The van der Waals surface area contributed by atoms with E-state index >= 15 is 0 Å². The average molecular weight is 264 g/mol. The van der Waals surface area contributed by atoms with Crippen LogP contribution in [-0.2, 0) is 4.79 Å². The minimum Gasteiger partial charge on any atom is -0.481 e. The Morgan fingerprint density at radius 2 is 1.89 bits per heavy atom. The van der Waals surface area contributed by atoms with E-state index in [1.165, 1.54) is 0 Å². The van der Waals surface area contributed by atoms with Crippen molar-refractivity contribution in [3.05, 3.63) is 42.0 Å². The third-order valence-electron chi connectivity index (χ3n) is 2.92. The van der Waals surface area contributed by atoms with Gasteiger partial charge in [0.2, 0.25) is 0 Å². The van der Waals surface area contributed by atoms with Crippen molar-refractivity contribution >= 4 is 12.0 Å². The van der Waals surface area contributed by atoms with Gasteiger partial charge in [0, 0.05) is 12.3 Å². The van der Waals surface area contributed by atoms with E-state index in [1.807, 2.05) is 49.4 Å². The van der Waals surface area contributed by atoms with Crippen LogP contribution in [0.15, 0.2) is 36.4 Å². The van der Waals surface area contributed by atoms with Crippen LogP contribution in [0.1, 0.15) is 25.3 Å². The van der Waals surface area contributed by atoms with Gasteiger partial charge in [-0.3, -0.25) is 4.79 Å². The van der Waals surface area contributed by atoms with Gasteiger partial charge in [-0.2, -0.15) is 0 Å². The Balaban J connectivity index is 2.46. The van der Waals surface area contributed by atoms with Crippen LogP contribution in [0.4, 0.5) is 0 Å². The molecule has 1 aromatic rings. The number of aliphatic carboxylic acids is 1. The van der Waals surface area contributed by atoms with Crippen molar-refractivity contribution in [1.82, 2.24) is 0 Å². The zero-order chi connectivity index (χ0) is 14.3. The van der Waals surface area contributed by atoms with Gasteiger partial charge in [-0.05, 0) is 5.56 Å². The summed E-state index contributed by atoms with van der Waals surface area (Å²) in [6.45, 7) is 1.83. The summed E-state index contributed by atoms with van der Waals surface area (Å²) >= 11 is 0. The first kappa shape index (κ1) is 15.4. The maximum Gasteiger partial charge on any atom is 0.305 e. The summed E-state index contributed by atoms with van der Waals surface area (Å²) in [5, 5.41) is 27.9. The van der Waals surface area contributed by atoms with Crippen LogP contribution in [0, 0.1) is 5.92 Å². The number of benzene rings is 1. The number of aliphatic hydroxyl groups excluding tert-OH is 2. The topological polar surface area (TPSA) is 77.8 Å². The fourth-order valence-corrected chi connectivity index (χ4v) is 1.73. The van der Waals surface area contributed by atoms with Gasteiger partial charge in [-0.25, -0.2) is 0 Å². The summed E-state index contributed by atoms with van der Waals surface area (Å²) in [5.74, 6) is -1.21. The molecular weight excluding hydrogens is 244 g/mol. The number of carbonyl (C=O) groups is 1. The molecule has 3 atom stereocenters. The first-order valence-electron chi connectivity index (χ1n) is 6.30. The summed E-state index contributed by atoms with van der Waals surface area (Å²) in [7, 11) is 0. The molecule has 0 aliphatic heterocycles. The Kier molecular flexibility index (Phi) is 6.25. The van der Waals surface area contributed by atoms with Gasteiger partial charge in [0.05, 0.1) is 18.6 Å². The molecule has 1 aromatic carbocycles. The van der Waals surface area contributed by atoms with E-state index in [0.29, 0.717) is 0 Å². The summed E-state index contributed by atoms with van der Waals surface area (Å²) in [6.07, 6.45) is 1.71. The highest BCUT2D eigenvalue weighted by atomic mass is 16.4. The maximum absolute atomic E-state index is 10.4. The molecule has 0 spiro atoms. The highest BCUT2D eigenvalue weighted by Gasteiger charge is 2.18. The van der Waals surface area contributed by atoms with E-state index in [1.54, 1.807) is 0 Å². The molecule has 0 fully saturated rings. The van der Waals surface area contributed by atoms with Crippen LogP contribution in [0.2, 0.25) is 0 Å². The Hall–Kier alpha value is -1.65. The molecule has 0 aliphatic carbocycles. The number of hydrogen-bond donors (Lipinski definition) is 3. The van der Waals surface area contributed by atoms with Gasteiger partial charge < -0.3 is 15.3 Å². The largest absolute Gasteiger partial charge is 0.481 e. The lowest BCUT2D eigenvalue weighted by atomic mass is 9.97. The zero-order valence-corrected chi connectivity index (χ0v) is 10.9. The van der Waals surface area contributed by atoms with Gasteiger partial charge in [-0.1, -0.05) is 49.4 Å². The van der Waals surface area contributed by atoms with Crippen molar-refractivity contribution in [3.8, 4) is 0 Å². The molecule has 0 aromatic heterocycles. The van der Waals surface area contributed by atoms with Crippen molar-refractivity contribution < 1.29 is 20.1 Å². The molecule has 4 nitrogen and oxygen atoms in total. The fraction of sp³-hybridized carbons (Fsp3) is 0.400. The van der Waals surface area contributed by atoms with Crippen LogP contribution in [0.3, 0.4) is 0 Å². The normalized spacial score (nSPS) is 16.2. The van der Waals surface area contributed by atoms with Crippen molar-refractivity contribution in [2.45, 2.75) is 32.0 Å². The number of carboxylic acid groups (broad SMARTS) is 1. The number of carboxylic acids is 1. The van der Waals surface area contributed by atoms with E-state index in [9.17, 15) is 15.0 Å². The molecular formula is C15H20O4. The van der Waals surface area contributed by atoms with Crippen molar-refractivity contribution in [2.24, 2.45) is 5.92 Å². The van der Waals surface area contributed by atoms with Gasteiger partial charge in [0.15, 0.2) is 0 Å². The van der Waals surface area contributed by atoms with E-state index in [-0.39, 0.29) is 18.8 Å². The second-order valence-corrected chi connectivity index (χ2v) is 4.68. The van der Waals surface area contributed by atoms with Gasteiger partial charge in [0.25, 0.3) is 0 Å². The van der Waals surface area contributed by atoms with E-state index in [0.717, 1.165) is 5.56 Å². The number of aliphatic hydroxyl groups is 2. The first-order chi connectivity index (χ1) is 8.99. The van der Waals surface area contributed by atoms with Crippen molar-refractivity contribution in [2.75, 3.05) is 0 Å². The summed E-state index contributed by atoms with van der Waals surface area (Å²) < 4.78 is 0. The van der Waals surface area contributed by atoms with Gasteiger partial charge >= 0.3 is 5.97 Å². The lowest BCUT2D eigenvalue weighted by molar-refractivity contribution is -0.139. The Bertz CT molecular complexity index is 413. The van der Waals surface area contributed by atoms with Crippen LogP contribution in [0.5, 0.6) is 0 Å². The smallest absolute Gasteiger partial charge is 0.305 e. The maximum atomic E-state index is 10.4. The van der Waals surface area contributed by atoms with Crippen LogP contribution in [-0.4, -0.2) is 33.5 Å². The second-order valence-electron chi connectivity index (χ2n) is 4.68. The molecule has 0 bridgehead atoms. The van der Waals surface area contributed by atoms with E-state index in [4.69, 9.17) is 5.11 Å². The van der Waals surface area contributed by atoms with Crippen LogP contribution < -0.4 is 0 Å². The Labute approximate surface area is 113 Å². The highest BCUT2D eigenvalue weighted by molar-refractivity contribution is 5.67. The van der Waals surface area contributed by atoms with Gasteiger partial charge in [-0.15, -0.1) is 0 Å². The fourth-order valence-electron chi connectivity index (χ4n) is 1.73. The standard InChI is InChI=1S/C15H20O4/c1-11(7-8-12-5-3-2-4-6-12)14(17)9-13(16)10-15(18)19/h2-8,11,13-14,16-17H,9-10H2,1H3,(H,18,19)/b8-7+. The van der Waals surface area contributed by atoms with Gasteiger partial charge in [0.1, 0.15) is 0 Å². The molecule has 1 rings (SSSR count). The van der Waals surface area contributed by atoms with Crippen LogP contribution >= 0.6 is 0 Å². The second kappa shape index (κ2) is 7.71. The lowest BCUT2D eigenvalue weighted by Crippen LogP contribution is -2.24. The summed E-state index contributed by atoms with van der Waals surface area (Å²) in [4.78, 5) is 10.4.